The molecular weight excluding hydrogens is 226 g/mol. The number of aliphatic hydroxyl groups is 1. The van der Waals surface area contributed by atoms with Gasteiger partial charge in [-0.25, -0.2) is 4.79 Å². The van der Waals surface area contributed by atoms with E-state index in [1.165, 1.54) is 11.3 Å². The predicted molar refractivity (Wildman–Crippen MR) is 63.8 cm³/mol. The molecule has 0 aliphatic rings. The highest BCUT2D eigenvalue weighted by molar-refractivity contribution is 7.10. The number of nitrogens with one attached hydrogen (secondary N) is 1. The van der Waals surface area contributed by atoms with Gasteiger partial charge in [0.1, 0.15) is 0 Å². The van der Waals surface area contributed by atoms with Crippen LogP contribution in [-0.4, -0.2) is 28.8 Å². The van der Waals surface area contributed by atoms with Crippen molar-refractivity contribution in [3.05, 3.63) is 21.9 Å². The van der Waals surface area contributed by atoms with E-state index in [0.717, 1.165) is 4.88 Å². The number of thiophene rings is 1. The van der Waals surface area contributed by atoms with Crippen LogP contribution in [0.4, 0.5) is 0 Å². The minimum absolute atomic E-state index is 0.152. The average molecular weight is 243 g/mol. The Morgan fingerprint density at radius 1 is 1.56 bits per heavy atom. The molecule has 0 aliphatic heterocycles. The maximum absolute atomic E-state index is 10.7. The molecule has 0 saturated carbocycles. The quantitative estimate of drug-likeness (QED) is 0.709. The topological polar surface area (TPSA) is 69.6 Å². The average Bonchev–Trinajstić information content (AvgIpc) is 2.73. The monoisotopic (exact) mass is 243 g/mol. The van der Waals surface area contributed by atoms with Gasteiger partial charge >= 0.3 is 5.97 Å². The van der Waals surface area contributed by atoms with E-state index in [2.05, 4.69) is 5.32 Å². The normalized spacial score (nSPS) is 14.7. The summed E-state index contributed by atoms with van der Waals surface area (Å²) in [4.78, 5) is 11.7. The third kappa shape index (κ3) is 3.59. The fraction of sp³-hybridized carbons (Fsp3) is 0.545. The minimum Gasteiger partial charge on any atom is -0.478 e. The van der Waals surface area contributed by atoms with Gasteiger partial charge in [0, 0.05) is 29.5 Å². The van der Waals surface area contributed by atoms with E-state index in [4.69, 9.17) is 10.2 Å². The first kappa shape index (κ1) is 13.2. The Hall–Kier alpha value is -0.910. The number of carboxylic acid groups (broad SMARTS) is 1. The maximum Gasteiger partial charge on any atom is 0.336 e. The van der Waals surface area contributed by atoms with Crippen LogP contribution in [0.2, 0.25) is 0 Å². The van der Waals surface area contributed by atoms with Crippen molar-refractivity contribution in [2.45, 2.75) is 26.4 Å². The SMILES string of the molecule is CC(CO)C(C)NCc1cc(C(=O)O)cs1. The lowest BCUT2D eigenvalue weighted by Gasteiger charge is -2.18. The lowest BCUT2D eigenvalue weighted by molar-refractivity contribution is 0.0697. The van der Waals surface area contributed by atoms with Crippen molar-refractivity contribution in [1.29, 1.82) is 0 Å². The van der Waals surface area contributed by atoms with Crippen LogP contribution in [0.1, 0.15) is 29.1 Å². The summed E-state index contributed by atoms with van der Waals surface area (Å²) in [5.41, 5.74) is 0.338. The Balaban J connectivity index is 2.45. The Bertz CT molecular complexity index is 351. The summed E-state index contributed by atoms with van der Waals surface area (Å²) in [5.74, 6) is -0.696. The van der Waals surface area contributed by atoms with Gasteiger partial charge in [0.15, 0.2) is 0 Å². The van der Waals surface area contributed by atoms with Gasteiger partial charge in [-0.1, -0.05) is 6.92 Å². The summed E-state index contributed by atoms with van der Waals surface area (Å²) in [6, 6.07) is 1.89. The van der Waals surface area contributed by atoms with Gasteiger partial charge in [-0.3, -0.25) is 0 Å². The third-order valence-corrected chi connectivity index (χ3v) is 3.58. The van der Waals surface area contributed by atoms with E-state index < -0.39 is 5.97 Å². The van der Waals surface area contributed by atoms with Crippen molar-refractivity contribution in [2.75, 3.05) is 6.61 Å². The number of aliphatic hydroxyl groups excluding tert-OH is 1. The zero-order chi connectivity index (χ0) is 12.1. The molecule has 16 heavy (non-hydrogen) atoms. The summed E-state index contributed by atoms with van der Waals surface area (Å²) >= 11 is 1.43. The second-order valence-electron chi connectivity index (χ2n) is 3.94. The van der Waals surface area contributed by atoms with Crippen LogP contribution < -0.4 is 5.32 Å². The van der Waals surface area contributed by atoms with Crippen molar-refractivity contribution in [2.24, 2.45) is 5.92 Å². The summed E-state index contributed by atoms with van der Waals surface area (Å²) in [6.07, 6.45) is 0. The smallest absolute Gasteiger partial charge is 0.336 e. The number of carbonyl (C=O) groups is 1. The summed E-state index contributed by atoms with van der Waals surface area (Å²) in [5, 5.41) is 22.6. The summed E-state index contributed by atoms with van der Waals surface area (Å²) < 4.78 is 0. The Kier molecular flexibility index (Phi) is 4.92. The molecule has 4 nitrogen and oxygen atoms in total. The molecule has 0 saturated heterocycles. The fourth-order valence-corrected chi connectivity index (χ4v) is 2.02. The highest BCUT2D eigenvalue weighted by Crippen LogP contribution is 2.15. The van der Waals surface area contributed by atoms with Crippen LogP contribution in [0.5, 0.6) is 0 Å². The summed E-state index contributed by atoms with van der Waals surface area (Å²) in [7, 11) is 0. The number of carboxylic acids is 1. The van der Waals surface area contributed by atoms with Gasteiger partial charge in [-0.2, -0.15) is 0 Å². The lowest BCUT2D eigenvalue weighted by atomic mass is 10.1. The lowest BCUT2D eigenvalue weighted by Crippen LogP contribution is -2.33. The van der Waals surface area contributed by atoms with Crippen molar-refractivity contribution in [3.63, 3.8) is 0 Å². The van der Waals surface area contributed by atoms with Crippen LogP contribution in [0.25, 0.3) is 0 Å². The molecule has 1 aromatic heterocycles. The highest BCUT2D eigenvalue weighted by atomic mass is 32.1. The molecule has 0 fully saturated rings. The van der Waals surface area contributed by atoms with E-state index in [0.29, 0.717) is 12.1 Å². The molecule has 0 amide bonds. The Labute approximate surface area is 98.9 Å². The van der Waals surface area contributed by atoms with Gasteiger partial charge in [0.25, 0.3) is 0 Å². The molecule has 1 rings (SSSR count). The van der Waals surface area contributed by atoms with E-state index in [9.17, 15) is 4.79 Å². The van der Waals surface area contributed by atoms with Crippen LogP contribution >= 0.6 is 11.3 Å². The molecule has 0 spiro atoms. The molecule has 5 heteroatoms. The maximum atomic E-state index is 10.7. The fourth-order valence-electron chi connectivity index (χ4n) is 1.21. The van der Waals surface area contributed by atoms with E-state index >= 15 is 0 Å². The molecule has 2 unspecified atom stereocenters. The second-order valence-corrected chi connectivity index (χ2v) is 4.93. The van der Waals surface area contributed by atoms with E-state index in [1.54, 1.807) is 11.4 Å². The molecule has 0 aliphatic carbocycles. The first-order chi connectivity index (χ1) is 7.54. The summed E-state index contributed by atoms with van der Waals surface area (Å²) in [6.45, 7) is 4.77. The van der Waals surface area contributed by atoms with Crippen molar-refractivity contribution in [3.8, 4) is 0 Å². The number of hydrogen-bond acceptors (Lipinski definition) is 4. The third-order valence-electron chi connectivity index (χ3n) is 2.64. The molecule has 0 radical (unpaired) electrons. The zero-order valence-corrected chi connectivity index (χ0v) is 10.3. The second kappa shape index (κ2) is 5.98. The molecule has 2 atom stereocenters. The van der Waals surface area contributed by atoms with Crippen molar-refractivity contribution in [1.82, 2.24) is 5.32 Å². The van der Waals surface area contributed by atoms with Gasteiger partial charge in [-0.05, 0) is 18.9 Å². The Morgan fingerprint density at radius 2 is 2.25 bits per heavy atom. The minimum atomic E-state index is -0.890. The number of aromatic carboxylic acids is 1. The molecule has 0 aromatic carbocycles. The molecular formula is C11H17NO3S. The molecule has 0 bridgehead atoms. The number of hydrogen-bond donors (Lipinski definition) is 3. The van der Waals surface area contributed by atoms with Crippen LogP contribution in [-0.2, 0) is 6.54 Å². The zero-order valence-electron chi connectivity index (χ0n) is 9.43. The van der Waals surface area contributed by atoms with E-state index in [1.807, 2.05) is 13.8 Å². The standard InChI is InChI=1S/C11H17NO3S/c1-7(5-13)8(2)12-4-10-3-9(6-16-10)11(14)15/h3,6-8,12-13H,4-5H2,1-2H3,(H,14,15). The van der Waals surface area contributed by atoms with Gasteiger partial charge in [0.05, 0.1) is 5.56 Å². The largest absolute Gasteiger partial charge is 0.478 e. The van der Waals surface area contributed by atoms with Crippen LogP contribution in [0.3, 0.4) is 0 Å². The van der Waals surface area contributed by atoms with Gasteiger partial charge in [-0.15, -0.1) is 11.3 Å². The first-order valence-corrected chi connectivity index (χ1v) is 6.07. The van der Waals surface area contributed by atoms with Crippen molar-refractivity contribution < 1.29 is 15.0 Å². The van der Waals surface area contributed by atoms with Gasteiger partial charge in [0.2, 0.25) is 0 Å². The van der Waals surface area contributed by atoms with Gasteiger partial charge < -0.3 is 15.5 Å². The predicted octanol–water partition coefficient (Wildman–Crippen LogP) is 1.55. The first-order valence-electron chi connectivity index (χ1n) is 5.19. The van der Waals surface area contributed by atoms with Crippen LogP contribution in [0, 0.1) is 5.92 Å². The number of rotatable bonds is 6. The molecule has 90 valence electrons. The van der Waals surface area contributed by atoms with Crippen molar-refractivity contribution >= 4 is 17.3 Å². The highest BCUT2D eigenvalue weighted by Gasteiger charge is 2.11. The van der Waals surface area contributed by atoms with Crippen LogP contribution in [0.15, 0.2) is 11.4 Å². The Morgan fingerprint density at radius 3 is 2.75 bits per heavy atom. The van der Waals surface area contributed by atoms with E-state index in [-0.39, 0.29) is 18.6 Å². The molecule has 3 N–H and O–H groups in total. The molecule has 1 heterocycles. The molecule has 1 aromatic rings.